The molecule has 1 rings (SSSR count). The van der Waals surface area contributed by atoms with Gasteiger partial charge in [-0.3, -0.25) is 0 Å². The summed E-state index contributed by atoms with van der Waals surface area (Å²) in [4.78, 5) is 56.6. The summed E-state index contributed by atoms with van der Waals surface area (Å²) in [5.74, 6) is -0.376. The first-order valence-corrected chi connectivity index (χ1v) is 11.7. The van der Waals surface area contributed by atoms with E-state index in [2.05, 4.69) is 4.99 Å². The predicted octanol–water partition coefficient (Wildman–Crippen LogP) is 5.54. The van der Waals surface area contributed by atoms with Gasteiger partial charge < -0.3 is 19.0 Å². The molecule has 36 heavy (non-hydrogen) atoms. The molecule has 0 N–H and O–H groups in total. The van der Waals surface area contributed by atoms with Crippen molar-refractivity contribution in [3.8, 4) is 0 Å². The van der Waals surface area contributed by atoms with Gasteiger partial charge in [0.2, 0.25) is 5.96 Å². The van der Waals surface area contributed by atoms with Crippen LogP contribution in [0, 0.1) is 0 Å². The second kappa shape index (κ2) is 12.5. The molecular formula is C26H39N3O7. The Kier molecular flexibility index (Phi) is 10.6. The lowest BCUT2D eigenvalue weighted by Gasteiger charge is -2.34. The van der Waals surface area contributed by atoms with Crippen molar-refractivity contribution in [1.82, 2.24) is 9.80 Å². The van der Waals surface area contributed by atoms with Gasteiger partial charge in [0.15, 0.2) is 0 Å². The molecule has 0 bridgehead atoms. The molecule has 0 heterocycles. The number of hydrogen-bond donors (Lipinski definition) is 0. The summed E-state index contributed by atoms with van der Waals surface area (Å²) in [6.45, 7) is 14.8. The quantitative estimate of drug-likeness (QED) is 0.223. The molecule has 0 unspecified atom stereocenters. The predicted molar refractivity (Wildman–Crippen MR) is 136 cm³/mol. The van der Waals surface area contributed by atoms with Gasteiger partial charge in [-0.2, -0.15) is 0 Å². The summed E-state index contributed by atoms with van der Waals surface area (Å²) in [6.07, 6.45) is -2.27. The minimum atomic E-state index is -1.03. The van der Waals surface area contributed by atoms with Gasteiger partial charge in [-0.1, -0.05) is 30.3 Å². The fourth-order valence-electron chi connectivity index (χ4n) is 2.70. The molecule has 3 amide bonds. The van der Waals surface area contributed by atoms with Crippen LogP contribution in [0.4, 0.5) is 14.4 Å². The first-order valence-electron chi connectivity index (χ1n) is 11.7. The van der Waals surface area contributed by atoms with E-state index in [1.54, 1.807) is 86.6 Å². The van der Waals surface area contributed by atoms with Gasteiger partial charge in [0.1, 0.15) is 23.1 Å². The maximum absolute atomic E-state index is 13.4. The summed E-state index contributed by atoms with van der Waals surface area (Å²) >= 11 is 0. The normalized spacial score (nSPS) is 12.4. The van der Waals surface area contributed by atoms with Crippen LogP contribution in [0.25, 0.3) is 0 Å². The zero-order valence-electron chi connectivity index (χ0n) is 22.8. The second-order valence-corrected chi connectivity index (χ2v) is 11.0. The van der Waals surface area contributed by atoms with Crippen LogP contribution >= 0.6 is 0 Å². The fraction of sp³-hybridized carbons (Fsp3) is 0.577. The van der Waals surface area contributed by atoms with Crippen molar-refractivity contribution < 1.29 is 33.4 Å². The molecule has 0 saturated heterocycles. The first-order chi connectivity index (χ1) is 16.4. The van der Waals surface area contributed by atoms with Crippen molar-refractivity contribution in [2.75, 3.05) is 6.54 Å². The standard InChI is InChI=1S/C26H39N3O7/c1-24(2,3)34-21(31)27-20(28(16-13-17-30)22(32)35-25(4,5)6)29(23(33)36-26(7,8)9)18-19-14-11-10-12-15-19/h10-12,14-15,17H,13,16,18H2,1-9H3/b27-20-. The topological polar surface area (TPSA) is 115 Å². The Bertz CT molecular complexity index is 939. The number of aldehydes is 1. The number of aliphatic imine (C=N–C) groups is 1. The summed E-state index contributed by atoms with van der Waals surface area (Å²) in [6, 6.07) is 8.92. The van der Waals surface area contributed by atoms with E-state index in [9.17, 15) is 19.2 Å². The van der Waals surface area contributed by atoms with Crippen molar-refractivity contribution in [3.63, 3.8) is 0 Å². The number of rotatable bonds is 5. The Labute approximate surface area is 213 Å². The molecule has 10 heteroatoms. The average Bonchev–Trinajstić information content (AvgIpc) is 2.68. The maximum Gasteiger partial charge on any atom is 0.437 e. The second-order valence-electron chi connectivity index (χ2n) is 11.0. The van der Waals surface area contributed by atoms with Crippen molar-refractivity contribution in [2.24, 2.45) is 4.99 Å². The molecule has 10 nitrogen and oxygen atoms in total. The molecule has 1 aromatic carbocycles. The minimum Gasteiger partial charge on any atom is -0.443 e. The van der Waals surface area contributed by atoms with E-state index in [-0.39, 0.29) is 25.5 Å². The van der Waals surface area contributed by atoms with Gasteiger partial charge in [0.05, 0.1) is 6.54 Å². The lowest BCUT2D eigenvalue weighted by molar-refractivity contribution is -0.107. The summed E-state index contributed by atoms with van der Waals surface area (Å²) in [5, 5.41) is 0. The molecule has 0 atom stereocenters. The number of nitrogens with zero attached hydrogens (tertiary/aromatic N) is 3. The van der Waals surface area contributed by atoms with Crippen LogP contribution in [0.2, 0.25) is 0 Å². The van der Waals surface area contributed by atoms with Gasteiger partial charge in [0, 0.05) is 13.0 Å². The van der Waals surface area contributed by atoms with E-state index in [1.807, 2.05) is 6.07 Å². The first kappa shape index (κ1) is 30.6. The third kappa shape index (κ3) is 11.8. The number of carbonyl (C=O) groups excluding carboxylic acids is 4. The van der Waals surface area contributed by atoms with Crippen LogP contribution in [0.5, 0.6) is 0 Å². The molecule has 0 aliphatic heterocycles. The highest BCUT2D eigenvalue weighted by atomic mass is 16.6. The lowest BCUT2D eigenvalue weighted by Crippen LogP contribution is -2.52. The van der Waals surface area contributed by atoms with E-state index >= 15 is 0 Å². The molecule has 0 spiro atoms. The number of amides is 3. The van der Waals surface area contributed by atoms with Gasteiger partial charge in [0.25, 0.3) is 0 Å². The van der Waals surface area contributed by atoms with Crippen LogP contribution in [-0.4, -0.2) is 63.7 Å². The van der Waals surface area contributed by atoms with Gasteiger partial charge in [-0.05, 0) is 67.9 Å². The Hall–Kier alpha value is -3.43. The van der Waals surface area contributed by atoms with Gasteiger partial charge >= 0.3 is 18.3 Å². The van der Waals surface area contributed by atoms with Crippen LogP contribution in [0.15, 0.2) is 35.3 Å². The smallest absolute Gasteiger partial charge is 0.437 e. The van der Waals surface area contributed by atoms with E-state index in [4.69, 9.17) is 14.2 Å². The van der Waals surface area contributed by atoms with E-state index in [0.29, 0.717) is 11.8 Å². The number of ether oxygens (including phenoxy) is 3. The SMILES string of the molecule is CC(C)(C)OC(=O)/N=C(/N(CCC=O)C(=O)OC(C)(C)C)N(Cc1ccccc1)C(=O)OC(C)(C)C. The molecule has 0 aliphatic rings. The summed E-state index contributed by atoms with van der Waals surface area (Å²) in [5.41, 5.74) is -1.99. The molecule has 200 valence electrons. The van der Waals surface area contributed by atoms with Crippen molar-refractivity contribution in [3.05, 3.63) is 35.9 Å². The van der Waals surface area contributed by atoms with Crippen LogP contribution in [0.1, 0.15) is 74.3 Å². The Morgan fingerprint density at radius 2 is 1.25 bits per heavy atom. The monoisotopic (exact) mass is 505 g/mol. The molecule has 0 saturated carbocycles. The van der Waals surface area contributed by atoms with Crippen LogP contribution in [-0.2, 0) is 25.5 Å². The van der Waals surface area contributed by atoms with E-state index in [1.165, 1.54) is 0 Å². The Morgan fingerprint density at radius 3 is 1.69 bits per heavy atom. The lowest BCUT2D eigenvalue weighted by atomic mass is 10.2. The van der Waals surface area contributed by atoms with Crippen molar-refractivity contribution in [2.45, 2.75) is 92.1 Å². The van der Waals surface area contributed by atoms with Gasteiger partial charge in [-0.15, -0.1) is 4.99 Å². The summed E-state index contributed by atoms with van der Waals surface area (Å²) in [7, 11) is 0. The highest BCUT2D eigenvalue weighted by molar-refractivity contribution is 6.05. The molecule has 0 fully saturated rings. The summed E-state index contributed by atoms with van der Waals surface area (Å²) < 4.78 is 16.4. The molecule has 0 radical (unpaired) electrons. The number of hydrogen-bond acceptors (Lipinski definition) is 7. The average molecular weight is 506 g/mol. The van der Waals surface area contributed by atoms with Crippen molar-refractivity contribution in [1.29, 1.82) is 0 Å². The Balaban J connectivity index is 3.72. The largest absolute Gasteiger partial charge is 0.443 e. The molecule has 1 aromatic rings. The van der Waals surface area contributed by atoms with Crippen molar-refractivity contribution >= 4 is 30.5 Å². The third-order valence-corrected chi connectivity index (χ3v) is 3.95. The zero-order chi connectivity index (χ0) is 27.7. The number of benzene rings is 1. The minimum absolute atomic E-state index is 0.0855. The third-order valence-electron chi connectivity index (χ3n) is 3.95. The fourth-order valence-corrected chi connectivity index (χ4v) is 2.70. The molecule has 0 aromatic heterocycles. The molecular weight excluding hydrogens is 466 g/mol. The van der Waals surface area contributed by atoms with Gasteiger partial charge in [-0.25, -0.2) is 24.2 Å². The number of carbonyl (C=O) groups is 4. The highest BCUT2D eigenvalue weighted by Gasteiger charge is 2.35. The van der Waals surface area contributed by atoms with E-state index < -0.39 is 35.1 Å². The highest BCUT2D eigenvalue weighted by Crippen LogP contribution is 2.19. The molecule has 0 aliphatic carbocycles. The van der Waals surface area contributed by atoms with E-state index in [0.717, 1.165) is 9.80 Å². The maximum atomic E-state index is 13.4. The number of guanidine groups is 1. The van der Waals surface area contributed by atoms with Crippen LogP contribution in [0.3, 0.4) is 0 Å². The Morgan fingerprint density at radius 1 is 0.778 bits per heavy atom. The van der Waals surface area contributed by atoms with Crippen LogP contribution < -0.4 is 0 Å². The zero-order valence-corrected chi connectivity index (χ0v) is 22.8.